The van der Waals surface area contributed by atoms with Crippen LogP contribution in [0.3, 0.4) is 0 Å². The Labute approximate surface area is 215 Å². The quantitative estimate of drug-likeness (QED) is 0.223. The molecule has 3 rings (SSSR count). The van der Waals surface area contributed by atoms with Crippen LogP contribution < -0.4 is 33.1 Å². The molecule has 35 heavy (non-hydrogen) atoms. The van der Waals surface area contributed by atoms with Crippen LogP contribution in [0.4, 0.5) is 5.69 Å². The molecule has 3 aromatic carbocycles. The average molecular weight is 518 g/mol. The Kier molecular flexibility index (Phi) is 9.28. The molecule has 3 aromatic rings. The van der Waals surface area contributed by atoms with E-state index in [-0.39, 0.29) is 0 Å². The molecule has 0 radical (unpaired) electrons. The molecule has 0 fully saturated rings. The number of anilines is 1. The van der Waals surface area contributed by atoms with Gasteiger partial charge in [0.05, 0.1) is 53.4 Å². The number of rotatable bonds is 11. The summed E-state index contributed by atoms with van der Waals surface area (Å²) in [4.78, 5) is 0.903. The van der Waals surface area contributed by atoms with E-state index in [2.05, 4.69) is 4.72 Å². The molecule has 0 atom stereocenters. The minimum absolute atomic E-state index is 0.527. The summed E-state index contributed by atoms with van der Waals surface area (Å²) in [5, 5.41) is 0.527. The number of ether oxygens (including phenoxy) is 6. The van der Waals surface area contributed by atoms with Crippen molar-refractivity contribution in [2.45, 2.75) is 4.90 Å². The van der Waals surface area contributed by atoms with Crippen molar-refractivity contribution in [2.24, 2.45) is 0 Å². The van der Waals surface area contributed by atoms with Crippen LogP contribution in [0, 0.1) is 0 Å². The van der Waals surface area contributed by atoms with E-state index >= 15 is 0 Å². The Balaban J connectivity index is 1.98. The van der Waals surface area contributed by atoms with Crippen LogP contribution in [0.25, 0.3) is 12.2 Å². The summed E-state index contributed by atoms with van der Waals surface area (Å²) in [5.41, 5.74) is 2.49. The van der Waals surface area contributed by atoms with Gasteiger partial charge in [-0.15, -0.1) is 0 Å². The first-order valence-corrected chi connectivity index (χ1v) is 11.7. The number of nitrogens with one attached hydrogen (secondary N) is 1. The molecule has 0 aromatic heterocycles. The van der Waals surface area contributed by atoms with Crippen LogP contribution in [0.2, 0.25) is 5.02 Å². The Bertz CT molecular complexity index is 1180. The summed E-state index contributed by atoms with van der Waals surface area (Å²) >= 11 is 7.68. The van der Waals surface area contributed by atoms with Crippen LogP contribution in [-0.2, 0) is 0 Å². The molecule has 0 aliphatic rings. The zero-order chi connectivity index (χ0) is 25.4. The Morgan fingerprint density at radius 3 is 1.80 bits per heavy atom. The van der Waals surface area contributed by atoms with E-state index in [1.165, 1.54) is 11.9 Å². The zero-order valence-electron chi connectivity index (χ0n) is 20.4. The fourth-order valence-electron chi connectivity index (χ4n) is 3.39. The molecule has 0 heterocycles. The summed E-state index contributed by atoms with van der Waals surface area (Å²) in [6.45, 7) is 0. The van der Waals surface area contributed by atoms with Crippen molar-refractivity contribution >= 4 is 41.4 Å². The topological polar surface area (TPSA) is 67.4 Å². The molecule has 0 aliphatic heterocycles. The van der Waals surface area contributed by atoms with Crippen LogP contribution >= 0.6 is 23.5 Å². The molecule has 7 nitrogen and oxygen atoms in total. The van der Waals surface area contributed by atoms with Gasteiger partial charge in [0.15, 0.2) is 23.0 Å². The number of hydrogen-bond acceptors (Lipinski definition) is 8. The summed E-state index contributed by atoms with van der Waals surface area (Å²) in [6.07, 6.45) is 3.92. The van der Waals surface area contributed by atoms with Crippen LogP contribution in [-0.4, -0.2) is 42.7 Å². The van der Waals surface area contributed by atoms with Crippen LogP contribution in [0.15, 0.2) is 47.4 Å². The summed E-state index contributed by atoms with van der Waals surface area (Å²) < 4.78 is 36.1. The molecule has 186 valence electrons. The number of benzene rings is 3. The Morgan fingerprint density at radius 1 is 0.657 bits per heavy atom. The highest BCUT2D eigenvalue weighted by Crippen LogP contribution is 2.42. The minimum atomic E-state index is 0.527. The van der Waals surface area contributed by atoms with Crippen molar-refractivity contribution in [2.75, 3.05) is 47.4 Å². The van der Waals surface area contributed by atoms with Crippen molar-refractivity contribution in [1.29, 1.82) is 0 Å². The molecule has 0 aliphatic carbocycles. The number of methoxy groups -OCH3 is 6. The van der Waals surface area contributed by atoms with Gasteiger partial charge < -0.3 is 33.1 Å². The third-order valence-electron chi connectivity index (χ3n) is 5.11. The normalized spacial score (nSPS) is 10.7. The first-order chi connectivity index (χ1) is 17.0. The van der Waals surface area contributed by atoms with E-state index in [1.807, 2.05) is 54.6 Å². The maximum atomic E-state index is 6.29. The highest BCUT2D eigenvalue weighted by molar-refractivity contribution is 8.00. The lowest BCUT2D eigenvalue weighted by atomic mass is 10.1. The SMILES string of the molecule is COc1ccc(SNc2c(/C=C\c3cc(OC)c(OC)c(OC)c3)ccc(OC)c2OC)cc1Cl. The van der Waals surface area contributed by atoms with Crippen molar-refractivity contribution < 1.29 is 28.4 Å². The number of halogens is 1. The lowest BCUT2D eigenvalue weighted by molar-refractivity contribution is 0.324. The van der Waals surface area contributed by atoms with Crippen LogP contribution in [0.5, 0.6) is 34.5 Å². The van der Waals surface area contributed by atoms with E-state index < -0.39 is 0 Å². The predicted molar refractivity (Wildman–Crippen MR) is 142 cm³/mol. The zero-order valence-corrected chi connectivity index (χ0v) is 22.0. The highest BCUT2D eigenvalue weighted by atomic mass is 35.5. The second-order valence-corrected chi connectivity index (χ2v) is 8.34. The molecule has 0 unspecified atom stereocenters. The summed E-state index contributed by atoms with van der Waals surface area (Å²) in [5.74, 6) is 3.48. The molecule has 0 bridgehead atoms. The van der Waals surface area contributed by atoms with Gasteiger partial charge in [0, 0.05) is 10.5 Å². The molecule has 1 N–H and O–H groups in total. The summed E-state index contributed by atoms with van der Waals surface area (Å²) in [7, 11) is 9.53. The molecule has 0 spiro atoms. The van der Waals surface area contributed by atoms with E-state index in [0.29, 0.717) is 39.5 Å². The maximum Gasteiger partial charge on any atom is 0.203 e. The molecular formula is C26H28ClNO6S. The molecular weight excluding hydrogens is 490 g/mol. The van der Waals surface area contributed by atoms with E-state index in [0.717, 1.165) is 21.7 Å². The Hall–Kier alpha value is -3.36. The lowest BCUT2D eigenvalue weighted by Gasteiger charge is -2.17. The van der Waals surface area contributed by atoms with E-state index in [4.69, 9.17) is 40.0 Å². The first-order valence-electron chi connectivity index (χ1n) is 10.5. The van der Waals surface area contributed by atoms with E-state index in [9.17, 15) is 0 Å². The number of hydrogen-bond donors (Lipinski definition) is 1. The van der Waals surface area contributed by atoms with Gasteiger partial charge in [-0.05, 0) is 60.0 Å². The van der Waals surface area contributed by atoms with E-state index in [1.54, 1.807) is 42.7 Å². The molecule has 0 amide bonds. The van der Waals surface area contributed by atoms with Crippen molar-refractivity contribution in [1.82, 2.24) is 0 Å². The second kappa shape index (κ2) is 12.4. The third kappa shape index (κ3) is 6.01. The lowest BCUT2D eigenvalue weighted by Crippen LogP contribution is -1.98. The van der Waals surface area contributed by atoms with Crippen molar-refractivity contribution in [3.63, 3.8) is 0 Å². The van der Waals surface area contributed by atoms with Gasteiger partial charge in [-0.3, -0.25) is 0 Å². The fourth-order valence-corrected chi connectivity index (χ4v) is 4.46. The van der Waals surface area contributed by atoms with Gasteiger partial charge in [-0.25, -0.2) is 0 Å². The smallest absolute Gasteiger partial charge is 0.203 e. The van der Waals surface area contributed by atoms with Crippen molar-refractivity contribution in [3.05, 3.63) is 58.6 Å². The van der Waals surface area contributed by atoms with Gasteiger partial charge in [0.2, 0.25) is 5.75 Å². The van der Waals surface area contributed by atoms with Crippen LogP contribution in [0.1, 0.15) is 11.1 Å². The largest absolute Gasteiger partial charge is 0.495 e. The Morgan fingerprint density at radius 2 is 1.26 bits per heavy atom. The van der Waals surface area contributed by atoms with Gasteiger partial charge in [0.25, 0.3) is 0 Å². The van der Waals surface area contributed by atoms with Gasteiger partial charge in [0.1, 0.15) is 5.75 Å². The standard InChI is InChI=1S/C26H28ClNO6S/c1-29-20-12-10-18(15-19(20)27)35-28-24-17(9-11-21(30-2)26(24)34-6)8-7-16-13-22(31-3)25(33-5)23(14-16)32-4/h7-15,28H,1-6H3/b8-7-. The molecule has 0 saturated carbocycles. The minimum Gasteiger partial charge on any atom is -0.495 e. The van der Waals surface area contributed by atoms with Gasteiger partial charge in [-0.2, -0.15) is 0 Å². The van der Waals surface area contributed by atoms with Gasteiger partial charge >= 0.3 is 0 Å². The maximum absolute atomic E-state index is 6.29. The van der Waals surface area contributed by atoms with Gasteiger partial charge in [-0.1, -0.05) is 23.8 Å². The third-order valence-corrected chi connectivity index (χ3v) is 6.21. The monoisotopic (exact) mass is 517 g/mol. The average Bonchev–Trinajstić information content (AvgIpc) is 2.89. The molecule has 9 heteroatoms. The first kappa shape index (κ1) is 26.2. The van der Waals surface area contributed by atoms with Crippen molar-refractivity contribution in [3.8, 4) is 34.5 Å². The fraction of sp³-hybridized carbons (Fsp3) is 0.231. The summed E-state index contributed by atoms with van der Waals surface area (Å²) in [6, 6.07) is 13.1. The molecule has 0 saturated heterocycles. The highest BCUT2D eigenvalue weighted by Gasteiger charge is 2.16. The predicted octanol–water partition coefficient (Wildman–Crippen LogP) is 6.68. The second-order valence-electron chi connectivity index (χ2n) is 7.06.